The average molecular weight is 450 g/mol. The number of rotatable bonds is 8. The molecular formula is C23H29F2N3O2S. The highest BCUT2D eigenvalue weighted by Gasteiger charge is 2.27. The second-order valence-corrected chi connectivity index (χ2v) is 8.72. The van der Waals surface area contributed by atoms with E-state index in [0.717, 1.165) is 42.3 Å². The molecule has 1 aliphatic rings. The molecule has 0 radical (unpaired) electrons. The van der Waals surface area contributed by atoms with Crippen LogP contribution in [0.2, 0.25) is 0 Å². The number of thioether (sulfide) groups is 1. The number of aryl methyl sites for hydroxylation is 1. The molecule has 8 heteroatoms. The van der Waals surface area contributed by atoms with Crippen LogP contribution < -0.4 is 0 Å². The smallest absolute Gasteiger partial charge is 0.316 e. The van der Waals surface area contributed by atoms with Gasteiger partial charge in [0, 0.05) is 13.2 Å². The largest absolute Gasteiger partial charge is 0.465 e. The molecule has 0 spiro atoms. The fourth-order valence-electron chi connectivity index (χ4n) is 4.10. The third kappa shape index (κ3) is 5.93. The Bertz CT molecular complexity index is 929. The monoisotopic (exact) mass is 449 g/mol. The first kappa shape index (κ1) is 23.4. The lowest BCUT2D eigenvalue weighted by Gasteiger charge is -2.15. The van der Waals surface area contributed by atoms with Crippen LogP contribution >= 0.6 is 11.8 Å². The molecule has 0 bridgehead atoms. The molecule has 1 aromatic heterocycles. The Hall–Kier alpha value is -2.22. The second-order valence-electron chi connectivity index (χ2n) is 7.76. The summed E-state index contributed by atoms with van der Waals surface area (Å²) in [6, 6.07) is 7.89. The maximum Gasteiger partial charge on any atom is 0.316 e. The summed E-state index contributed by atoms with van der Waals surface area (Å²) in [6.07, 6.45) is 3.37. The standard InChI is InChI=1S/C23H29F2N3O2S/c1-4-15-10-11-16(12-15)17-8-6-7-9-19(17)26-23(31-14-20(29)30-5-2)18-13-28(3)27-21(18)22(24)25/h6-9,13,15-16,22H,4-5,10-12,14H2,1-3H3. The molecular weight excluding hydrogens is 420 g/mol. The molecule has 31 heavy (non-hydrogen) atoms. The lowest BCUT2D eigenvalue weighted by atomic mass is 9.94. The van der Waals surface area contributed by atoms with Crippen molar-refractivity contribution in [2.45, 2.75) is 51.9 Å². The Balaban J connectivity index is 1.99. The van der Waals surface area contributed by atoms with E-state index in [2.05, 4.69) is 18.1 Å². The van der Waals surface area contributed by atoms with Crippen molar-refractivity contribution in [3.05, 3.63) is 47.3 Å². The molecule has 1 saturated carbocycles. The highest BCUT2D eigenvalue weighted by Crippen LogP contribution is 2.43. The Labute approximate surface area is 186 Å². The Morgan fingerprint density at radius 2 is 2.10 bits per heavy atom. The van der Waals surface area contributed by atoms with Gasteiger partial charge >= 0.3 is 5.97 Å². The molecule has 2 unspecified atom stereocenters. The van der Waals surface area contributed by atoms with Crippen LogP contribution in [0, 0.1) is 5.92 Å². The fourth-order valence-corrected chi connectivity index (χ4v) is 4.92. The van der Waals surface area contributed by atoms with Crippen molar-refractivity contribution >= 4 is 28.5 Å². The fraction of sp³-hybridized carbons (Fsp3) is 0.522. The molecule has 2 aromatic rings. The molecule has 3 rings (SSSR count). The van der Waals surface area contributed by atoms with Crippen LogP contribution in [0.4, 0.5) is 14.5 Å². The van der Waals surface area contributed by atoms with Crippen LogP contribution in [0.5, 0.6) is 0 Å². The highest BCUT2D eigenvalue weighted by atomic mass is 32.2. The molecule has 0 N–H and O–H groups in total. The quantitative estimate of drug-likeness (QED) is 0.281. The third-order valence-electron chi connectivity index (χ3n) is 5.64. The maximum absolute atomic E-state index is 13.6. The minimum Gasteiger partial charge on any atom is -0.465 e. The summed E-state index contributed by atoms with van der Waals surface area (Å²) in [5.41, 5.74) is 1.82. The Morgan fingerprint density at radius 3 is 2.77 bits per heavy atom. The summed E-state index contributed by atoms with van der Waals surface area (Å²) in [5.74, 6) is 0.707. The SMILES string of the molecule is CCOC(=O)CSC(=Nc1ccccc1C1CCC(CC)C1)c1cn(C)nc1C(F)F. The minimum atomic E-state index is -2.74. The highest BCUT2D eigenvalue weighted by molar-refractivity contribution is 8.15. The minimum absolute atomic E-state index is 0.00620. The van der Waals surface area contributed by atoms with Gasteiger partial charge in [-0.1, -0.05) is 43.3 Å². The van der Waals surface area contributed by atoms with E-state index < -0.39 is 12.4 Å². The molecule has 2 atom stereocenters. The summed E-state index contributed by atoms with van der Waals surface area (Å²) in [4.78, 5) is 16.7. The van der Waals surface area contributed by atoms with Crippen LogP contribution in [-0.2, 0) is 16.6 Å². The second kappa shape index (κ2) is 10.9. The normalized spacial score (nSPS) is 19.2. The predicted molar refractivity (Wildman–Crippen MR) is 120 cm³/mol. The van der Waals surface area contributed by atoms with E-state index in [1.54, 1.807) is 14.0 Å². The molecule has 5 nitrogen and oxygen atoms in total. The Kier molecular flexibility index (Phi) is 8.23. The number of carbonyl (C=O) groups is 1. The Morgan fingerprint density at radius 1 is 1.32 bits per heavy atom. The predicted octanol–water partition coefficient (Wildman–Crippen LogP) is 6.03. The van der Waals surface area contributed by atoms with E-state index in [4.69, 9.17) is 9.73 Å². The summed E-state index contributed by atoms with van der Waals surface area (Å²) >= 11 is 1.11. The van der Waals surface area contributed by atoms with Gasteiger partial charge < -0.3 is 4.74 Å². The van der Waals surface area contributed by atoms with Crippen molar-refractivity contribution in [2.24, 2.45) is 18.0 Å². The zero-order valence-electron chi connectivity index (χ0n) is 18.2. The number of hydrogen-bond donors (Lipinski definition) is 0. The van der Waals surface area contributed by atoms with Crippen molar-refractivity contribution in [3.63, 3.8) is 0 Å². The zero-order valence-corrected chi connectivity index (χ0v) is 19.0. The number of aliphatic imine (C=N–C) groups is 1. The molecule has 0 saturated heterocycles. The van der Waals surface area contributed by atoms with Gasteiger partial charge in [-0.3, -0.25) is 9.48 Å². The first-order chi connectivity index (χ1) is 14.9. The van der Waals surface area contributed by atoms with Gasteiger partial charge in [0.05, 0.1) is 23.6 Å². The van der Waals surface area contributed by atoms with Crippen molar-refractivity contribution in [2.75, 3.05) is 12.4 Å². The number of hydrogen-bond acceptors (Lipinski definition) is 5. The van der Waals surface area contributed by atoms with E-state index >= 15 is 0 Å². The molecule has 1 fully saturated rings. The van der Waals surface area contributed by atoms with Crippen LogP contribution in [0.1, 0.15) is 68.7 Å². The molecule has 1 heterocycles. The first-order valence-electron chi connectivity index (χ1n) is 10.7. The lowest BCUT2D eigenvalue weighted by Crippen LogP contribution is -2.10. The summed E-state index contributed by atoms with van der Waals surface area (Å²) in [7, 11) is 1.60. The van der Waals surface area contributed by atoms with Gasteiger partial charge in [0.25, 0.3) is 6.43 Å². The number of halogens is 2. The van der Waals surface area contributed by atoms with E-state index in [9.17, 15) is 13.6 Å². The third-order valence-corrected chi connectivity index (χ3v) is 6.61. The molecule has 0 aliphatic heterocycles. The number of ether oxygens (including phenoxy) is 1. The molecule has 0 amide bonds. The van der Waals surface area contributed by atoms with Gasteiger partial charge in [-0.2, -0.15) is 5.10 Å². The number of esters is 1. The summed E-state index contributed by atoms with van der Waals surface area (Å²) in [6.45, 7) is 4.22. The number of aromatic nitrogens is 2. The van der Waals surface area contributed by atoms with Crippen molar-refractivity contribution in [1.29, 1.82) is 0 Å². The number of benzene rings is 1. The molecule has 1 aliphatic carbocycles. The average Bonchev–Trinajstić information content (AvgIpc) is 3.38. The maximum atomic E-state index is 13.6. The van der Waals surface area contributed by atoms with Gasteiger partial charge in [0.15, 0.2) is 0 Å². The van der Waals surface area contributed by atoms with Crippen molar-refractivity contribution in [3.8, 4) is 0 Å². The first-order valence-corrected chi connectivity index (χ1v) is 11.7. The van der Waals surface area contributed by atoms with Gasteiger partial charge in [-0.25, -0.2) is 13.8 Å². The number of alkyl halides is 2. The van der Waals surface area contributed by atoms with E-state index in [0.29, 0.717) is 16.9 Å². The van der Waals surface area contributed by atoms with Gasteiger partial charge in [0.2, 0.25) is 0 Å². The topological polar surface area (TPSA) is 56.5 Å². The van der Waals surface area contributed by atoms with Crippen molar-refractivity contribution in [1.82, 2.24) is 9.78 Å². The van der Waals surface area contributed by atoms with Crippen LogP contribution in [0.3, 0.4) is 0 Å². The number of para-hydroxylation sites is 1. The summed E-state index contributed by atoms with van der Waals surface area (Å²) in [5, 5.41) is 4.27. The van der Waals surface area contributed by atoms with Gasteiger partial charge in [0.1, 0.15) is 10.7 Å². The van der Waals surface area contributed by atoms with E-state index in [1.807, 2.05) is 18.2 Å². The molecule has 1 aromatic carbocycles. The van der Waals surface area contributed by atoms with Crippen LogP contribution in [0.25, 0.3) is 0 Å². The number of nitrogens with zero attached hydrogens (tertiary/aromatic N) is 3. The van der Waals surface area contributed by atoms with Crippen LogP contribution in [-0.4, -0.2) is 33.2 Å². The van der Waals surface area contributed by atoms with Gasteiger partial charge in [-0.05, 0) is 49.7 Å². The van der Waals surface area contributed by atoms with Crippen LogP contribution in [0.15, 0.2) is 35.5 Å². The molecule has 168 valence electrons. The van der Waals surface area contributed by atoms with E-state index in [1.165, 1.54) is 17.3 Å². The zero-order chi connectivity index (χ0) is 22.4. The van der Waals surface area contributed by atoms with Gasteiger partial charge in [-0.15, -0.1) is 0 Å². The summed E-state index contributed by atoms with van der Waals surface area (Å²) < 4.78 is 33.6. The van der Waals surface area contributed by atoms with Crippen molar-refractivity contribution < 1.29 is 18.3 Å². The number of carbonyl (C=O) groups excluding carboxylic acids is 1. The van der Waals surface area contributed by atoms with E-state index in [-0.39, 0.29) is 23.6 Å². The lowest BCUT2D eigenvalue weighted by molar-refractivity contribution is -0.139.